The summed E-state index contributed by atoms with van der Waals surface area (Å²) in [5.41, 5.74) is 5.21. The summed E-state index contributed by atoms with van der Waals surface area (Å²) in [5.74, 6) is -2.61. The standard InChI is InChI=1S/C19H19F3N4O3/c1-10-24-15(16(29-10)19(20,21)22)13(27)8-11-5-4-6-12(7-11)18(2)9-14(28)26(3)17(23)25-18/h4-7H,8-9H2,1-3H3,(H2,23,25). The molecule has 29 heavy (non-hydrogen) atoms. The second-order valence-corrected chi connectivity index (χ2v) is 7.08. The number of halogens is 3. The number of hydrogen-bond acceptors (Lipinski definition) is 6. The molecular formula is C19H19F3N4O3. The van der Waals surface area contributed by atoms with Gasteiger partial charge in [-0.3, -0.25) is 14.5 Å². The van der Waals surface area contributed by atoms with Gasteiger partial charge in [-0.2, -0.15) is 13.2 Å². The molecule has 0 saturated heterocycles. The van der Waals surface area contributed by atoms with E-state index in [2.05, 4.69) is 14.4 Å². The highest BCUT2D eigenvalue weighted by Crippen LogP contribution is 2.35. The first-order valence-electron chi connectivity index (χ1n) is 8.70. The van der Waals surface area contributed by atoms with Crippen molar-refractivity contribution in [1.82, 2.24) is 9.88 Å². The molecule has 10 heteroatoms. The number of amides is 1. The van der Waals surface area contributed by atoms with Crippen LogP contribution in [-0.2, 0) is 22.9 Å². The number of carbonyl (C=O) groups excluding carboxylic acids is 2. The fourth-order valence-corrected chi connectivity index (χ4v) is 3.17. The van der Waals surface area contributed by atoms with Crippen LogP contribution >= 0.6 is 0 Å². The molecule has 1 aliphatic rings. The largest absolute Gasteiger partial charge is 0.452 e. The smallest absolute Gasteiger partial charge is 0.436 e. The minimum absolute atomic E-state index is 0.0677. The van der Waals surface area contributed by atoms with Crippen LogP contribution in [0.2, 0.25) is 0 Å². The average molecular weight is 408 g/mol. The average Bonchev–Trinajstić information content (AvgIpc) is 3.02. The van der Waals surface area contributed by atoms with Crippen LogP contribution in [0, 0.1) is 6.92 Å². The summed E-state index contributed by atoms with van der Waals surface area (Å²) >= 11 is 0. The zero-order chi connectivity index (χ0) is 21.6. The number of nitrogens with two attached hydrogens (primary N) is 1. The van der Waals surface area contributed by atoms with E-state index in [9.17, 15) is 22.8 Å². The molecule has 154 valence electrons. The minimum Gasteiger partial charge on any atom is -0.436 e. The molecule has 1 amide bonds. The first kappa shape index (κ1) is 20.6. The molecule has 0 fully saturated rings. The van der Waals surface area contributed by atoms with E-state index in [1.807, 2.05) is 0 Å². The van der Waals surface area contributed by atoms with Crippen molar-refractivity contribution in [1.29, 1.82) is 0 Å². The Labute approximate surface area is 164 Å². The third kappa shape index (κ3) is 4.01. The van der Waals surface area contributed by atoms with Crippen molar-refractivity contribution in [3.63, 3.8) is 0 Å². The van der Waals surface area contributed by atoms with Crippen molar-refractivity contribution in [3.05, 3.63) is 52.7 Å². The lowest BCUT2D eigenvalue weighted by molar-refractivity contribution is -0.153. The Hall–Kier alpha value is -3.17. The lowest BCUT2D eigenvalue weighted by Crippen LogP contribution is -2.47. The van der Waals surface area contributed by atoms with Gasteiger partial charge in [0.2, 0.25) is 11.7 Å². The number of rotatable bonds is 4. The molecule has 3 rings (SSSR count). The third-order valence-electron chi connectivity index (χ3n) is 4.74. The third-order valence-corrected chi connectivity index (χ3v) is 4.74. The molecule has 1 aliphatic heterocycles. The van der Waals surface area contributed by atoms with Crippen LogP contribution in [0.15, 0.2) is 33.7 Å². The highest BCUT2D eigenvalue weighted by molar-refractivity contribution is 5.99. The van der Waals surface area contributed by atoms with Crippen LogP contribution in [0.1, 0.15) is 46.6 Å². The molecule has 2 heterocycles. The van der Waals surface area contributed by atoms with Crippen molar-refractivity contribution in [2.75, 3.05) is 7.05 Å². The maximum absolute atomic E-state index is 13.1. The summed E-state index contributed by atoms with van der Waals surface area (Å²) in [6.45, 7) is 2.97. The Kier molecular flexibility index (Phi) is 4.97. The van der Waals surface area contributed by atoms with E-state index >= 15 is 0 Å². The Morgan fingerprint density at radius 3 is 2.69 bits per heavy atom. The van der Waals surface area contributed by atoms with E-state index in [0.717, 1.165) is 0 Å². The summed E-state index contributed by atoms with van der Waals surface area (Å²) in [6, 6.07) is 6.61. The molecule has 1 unspecified atom stereocenters. The minimum atomic E-state index is -4.82. The van der Waals surface area contributed by atoms with Crippen molar-refractivity contribution in [2.24, 2.45) is 10.7 Å². The maximum atomic E-state index is 13.1. The van der Waals surface area contributed by atoms with Crippen LogP contribution in [-0.4, -0.2) is 34.6 Å². The zero-order valence-electron chi connectivity index (χ0n) is 16.0. The Bertz CT molecular complexity index is 1010. The maximum Gasteiger partial charge on any atom is 0.452 e. The number of guanidine groups is 1. The molecule has 7 nitrogen and oxygen atoms in total. The quantitative estimate of drug-likeness (QED) is 0.784. The highest BCUT2D eigenvalue weighted by atomic mass is 19.4. The number of aliphatic imine (C=N–C) groups is 1. The van der Waals surface area contributed by atoms with Crippen LogP contribution in [0.3, 0.4) is 0 Å². The Morgan fingerprint density at radius 1 is 1.38 bits per heavy atom. The Morgan fingerprint density at radius 2 is 2.07 bits per heavy atom. The summed E-state index contributed by atoms with van der Waals surface area (Å²) in [4.78, 5) is 33.9. The number of oxazole rings is 1. The summed E-state index contributed by atoms with van der Waals surface area (Å²) in [6.07, 6.45) is -5.06. The topological polar surface area (TPSA) is 102 Å². The van der Waals surface area contributed by atoms with Gasteiger partial charge in [0.15, 0.2) is 23.3 Å². The van der Waals surface area contributed by atoms with Gasteiger partial charge < -0.3 is 10.2 Å². The van der Waals surface area contributed by atoms with Crippen LogP contribution in [0.4, 0.5) is 13.2 Å². The monoisotopic (exact) mass is 408 g/mol. The van der Waals surface area contributed by atoms with E-state index in [1.165, 1.54) is 18.9 Å². The van der Waals surface area contributed by atoms with Crippen LogP contribution < -0.4 is 5.73 Å². The zero-order valence-corrected chi connectivity index (χ0v) is 16.0. The van der Waals surface area contributed by atoms with Crippen molar-refractivity contribution < 1.29 is 27.2 Å². The number of aryl methyl sites for hydroxylation is 1. The predicted molar refractivity (Wildman–Crippen MR) is 97.1 cm³/mol. The highest BCUT2D eigenvalue weighted by Gasteiger charge is 2.41. The number of ketones is 1. The summed E-state index contributed by atoms with van der Waals surface area (Å²) in [7, 11) is 1.52. The van der Waals surface area contributed by atoms with Gasteiger partial charge in [-0.1, -0.05) is 24.3 Å². The van der Waals surface area contributed by atoms with Crippen molar-refractivity contribution in [3.8, 4) is 0 Å². The van der Waals surface area contributed by atoms with E-state index in [1.54, 1.807) is 31.2 Å². The number of nitrogens with zero attached hydrogens (tertiary/aromatic N) is 3. The number of hydrogen-bond donors (Lipinski definition) is 1. The van der Waals surface area contributed by atoms with Crippen LogP contribution in [0.5, 0.6) is 0 Å². The number of aromatic nitrogens is 1. The van der Waals surface area contributed by atoms with Gasteiger partial charge in [0.1, 0.15) is 0 Å². The molecule has 1 atom stereocenters. The first-order valence-corrected chi connectivity index (χ1v) is 8.70. The van der Waals surface area contributed by atoms with Crippen molar-refractivity contribution >= 4 is 17.6 Å². The molecule has 2 N–H and O–H groups in total. The second-order valence-electron chi connectivity index (χ2n) is 7.08. The fraction of sp³-hybridized carbons (Fsp3) is 0.368. The van der Waals surface area contributed by atoms with E-state index in [0.29, 0.717) is 11.1 Å². The van der Waals surface area contributed by atoms with Crippen molar-refractivity contribution in [2.45, 2.75) is 38.4 Å². The van der Waals surface area contributed by atoms with Gasteiger partial charge in [0.05, 0.1) is 12.0 Å². The van der Waals surface area contributed by atoms with Gasteiger partial charge >= 0.3 is 6.18 Å². The number of alkyl halides is 3. The lowest BCUT2D eigenvalue weighted by Gasteiger charge is -2.33. The van der Waals surface area contributed by atoms with Gasteiger partial charge in [-0.15, -0.1) is 0 Å². The molecule has 0 spiro atoms. The van der Waals surface area contributed by atoms with E-state index < -0.39 is 29.0 Å². The molecule has 0 saturated carbocycles. The molecule has 1 aromatic carbocycles. The number of Topliss-reactive ketones (excluding diaryl/α,β-unsaturated/α-hetero) is 1. The van der Waals surface area contributed by atoms with E-state index in [-0.39, 0.29) is 30.6 Å². The first-order chi connectivity index (χ1) is 13.4. The summed E-state index contributed by atoms with van der Waals surface area (Å²) in [5, 5.41) is 0. The molecule has 0 bridgehead atoms. The van der Waals surface area contributed by atoms with Gasteiger partial charge in [0.25, 0.3) is 0 Å². The lowest BCUT2D eigenvalue weighted by atomic mass is 9.86. The molecule has 0 aliphatic carbocycles. The predicted octanol–water partition coefficient (Wildman–Crippen LogP) is 2.82. The molecular weight excluding hydrogens is 389 g/mol. The van der Waals surface area contributed by atoms with E-state index in [4.69, 9.17) is 5.73 Å². The number of benzene rings is 1. The normalized spacial score (nSPS) is 20.0. The van der Waals surface area contributed by atoms with Gasteiger partial charge in [0, 0.05) is 20.4 Å². The SMILES string of the molecule is Cc1nc(C(=O)Cc2cccc(C3(C)CC(=O)N(C)C(N)=N3)c2)c(C(F)(F)F)o1. The Balaban J connectivity index is 1.90. The number of carbonyl (C=O) groups is 2. The fourth-order valence-electron chi connectivity index (χ4n) is 3.17. The second kappa shape index (κ2) is 7.02. The van der Waals surface area contributed by atoms with Gasteiger partial charge in [-0.05, 0) is 18.1 Å². The molecule has 1 aromatic heterocycles. The van der Waals surface area contributed by atoms with Crippen LogP contribution in [0.25, 0.3) is 0 Å². The summed E-state index contributed by atoms with van der Waals surface area (Å²) < 4.78 is 43.8. The van der Waals surface area contributed by atoms with Gasteiger partial charge in [-0.25, -0.2) is 9.98 Å². The molecule has 2 aromatic rings. The molecule has 0 radical (unpaired) electrons.